The molecule has 0 spiro atoms. The number of nitriles is 1. The standard InChI is InChI=1S/C26H18N4O2/c27-15-18-8-4-5-9-19(18)16-29-17-20(22-12-6-7-13-24(22)29)14-23-25(31)28-30(26(23)32)21-10-2-1-3-11-21/h1-14,17H,16H2,(H,28,31). The average molecular weight is 418 g/mol. The third kappa shape index (κ3) is 3.32. The highest BCUT2D eigenvalue weighted by molar-refractivity contribution is 6.32. The molecule has 4 aromatic rings. The zero-order chi connectivity index (χ0) is 22.1. The van der Waals surface area contributed by atoms with Gasteiger partial charge in [0, 0.05) is 29.2 Å². The molecule has 1 N–H and O–H groups in total. The van der Waals surface area contributed by atoms with Gasteiger partial charge in [0.15, 0.2) is 0 Å². The first kappa shape index (κ1) is 19.3. The summed E-state index contributed by atoms with van der Waals surface area (Å²) in [6.45, 7) is 0.504. The number of nitrogens with one attached hydrogen (secondary N) is 1. The Bertz CT molecular complexity index is 1430. The fourth-order valence-electron chi connectivity index (χ4n) is 3.94. The van der Waals surface area contributed by atoms with Crippen LogP contribution in [0.4, 0.5) is 5.69 Å². The normalized spacial score (nSPS) is 14.7. The van der Waals surface area contributed by atoms with Crippen LogP contribution < -0.4 is 10.4 Å². The number of hydrazine groups is 1. The number of carbonyl (C=O) groups excluding carboxylic acids is 2. The number of rotatable bonds is 4. The molecule has 6 heteroatoms. The maximum Gasteiger partial charge on any atom is 0.282 e. The number of para-hydroxylation sites is 2. The fraction of sp³-hybridized carbons (Fsp3) is 0.0385. The van der Waals surface area contributed by atoms with E-state index in [2.05, 4.69) is 11.5 Å². The molecule has 3 aromatic carbocycles. The van der Waals surface area contributed by atoms with E-state index >= 15 is 0 Å². The van der Waals surface area contributed by atoms with E-state index in [0.717, 1.165) is 22.0 Å². The van der Waals surface area contributed by atoms with Gasteiger partial charge >= 0.3 is 0 Å². The molecular weight excluding hydrogens is 400 g/mol. The van der Waals surface area contributed by atoms with Gasteiger partial charge in [0.2, 0.25) is 0 Å². The van der Waals surface area contributed by atoms with Gasteiger partial charge in [-0.3, -0.25) is 15.0 Å². The van der Waals surface area contributed by atoms with Gasteiger partial charge in [-0.15, -0.1) is 0 Å². The van der Waals surface area contributed by atoms with Gasteiger partial charge in [-0.1, -0.05) is 54.6 Å². The SMILES string of the molecule is N#Cc1ccccc1Cn1cc(C=C2C(=O)NN(c3ccccc3)C2=O)c2ccccc21. The number of hydrogen-bond acceptors (Lipinski definition) is 3. The average Bonchev–Trinajstić information content (AvgIpc) is 3.32. The summed E-state index contributed by atoms with van der Waals surface area (Å²) in [5.41, 5.74) is 6.56. The van der Waals surface area contributed by atoms with Gasteiger partial charge in [0.25, 0.3) is 11.8 Å². The fourth-order valence-corrected chi connectivity index (χ4v) is 3.94. The Balaban J connectivity index is 1.55. The van der Waals surface area contributed by atoms with Gasteiger partial charge in [-0.2, -0.15) is 5.26 Å². The third-order valence-corrected chi connectivity index (χ3v) is 5.50. The summed E-state index contributed by atoms with van der Waals surface area (Å²) in [7, 11) is 0. The first-order chi connectivity index (χ1) is 15.7. The van der Waals surface area contributed by atoms with E-state index < -0.39 is 11.8 Å². The summed E-state index contributed by atoms with van der Waals surface area (Å²) in [6, 6.07) is 26.5. The summed E-state index contributed by atoms with van der Waals surface area (Å²) >= 11 is 0. The van der Waals surface area contributed by atoms with Crippen molar-refractivity contribution in [2.24, 2.45) is 0 Å². The van der Waals surface area contributed by atoms with Crippen LogP contribution in [0.5, 0.6) is 0 Å². The minimum absolute atomic E-state index is 0.0779. The van der Waals surface area contributed by atoms with Crippen LogP contribution in [0, 0.1) is 11.3 Å². The van der Waals surface area contributed by atoms with Crippen molar-refractivity contribution in [2.45, 2.75) is 6.54 Å². The van der Waals surface area contributed by atoms with Crippen LogP contribution in [0.25, 0.3) is 17.0 Å². The van der Waals surface area contributed by atoms with E-state index in [1.165, 1.54) is 5.01 Å². The number of hydrogen-bond donors (Lipinski definition) is 1. The minimum atomic E-state index is -0.439. The number of carbonyl (C=O) groups is 2. The molecule has 0 saturated carbocycles. The molecule has 32 heavy (non-hydrogen) atoms. The molecule has 1 fully saturated rings. The second kappa shape index (κ2) is 7.89. The van der Waals surface area contributed by atoms with Crippen LogP contribution in [0.3, 0.4) is 0 Å². The molecule has 154 valence electrons. The smallest absolute Gasteiger partial charge is 0.282 e. The molecule has 0 radical (unpaired) electrons. The third-order valence-electron chi connectivity index (χ3n) is 5.50. The predicted molar refractivity (Wildman–Crippen MR) is 122 cm³/mol. The summed E-state index contributed by atoms with van der Waals surface area (Å²) in [5.74, 6) is -0.835. The second-order valence-electron chi connectivity index (χ2n) is 7.47. The van der Waals surface area contributed by atoms with Gasteiger partial charge in [-0.25, -0.2) is 5.01 Å². The Hall–Kier alpha value is -4.63. The van der Waals surface area contributed by atoms with Crippen LogP contribution in [0.15, 0.2) is 90.6 Å². The Kier molecular flexibility index (Phi) is 4.77. The molecule has 1 aromatic heterocycles. The molecule has 6 nitrogen and oxygen atoms in total. The van der Waals surface area contributed by atoms with Crippen molar-refractivity contribution in [3.63, 3.8) is 0 Å². The Morgan fingerprint density at radius 1 is 0.906 bits per heavy atom. The lowest BCUT2D eigenvalue weighted by atomic mass is 10.1. The van der Waals surface area contributed by atoms with Crippen molar-refractivity contribution in [3.05, 3.63) is 107 Å². The molecule has 2 heterocycles. The maximum absolute atomic E-state index is 13.0. The molecule has 0 aliphatic carbocycles. The number of nitrogens with zero attached hydrogens (tertiary/aromatic N) is 3. The first-order valence-electron chi connectivity index (χ1n) is 10.1. The van der Waals surface area contributed by atoms with Gasteiger partial charge in [0.1, 0.15) is 5.57 Å². The Morgan fingerprint density at radius 3 is 2.44 bits per heavy atom. The highest BCUT2D eigenvalue weighted by Crippen LogP contribution is 2.27. The topological polar surface area (TPSA) is 78.1 Å². The molecule has 1 saturated heterocycles. The van der Waals surface area contributed by atoms with Crippen molar-refractivity contribution >= 4 is 34.5 Å². The van der Waals surface area contributed by atoms with Crippen molar-refractivity contribution in [2.75, 3.05) is 5.01 Å². The molecule has 1 aliphatic rings. The van der Waals surface area contributed by atoms with Gasteiger partial charge in [-0.05, 0) is 35.9 Å². The Labute approximate surface area is 184 Å². The van der Waals surface area contributed by atoms with Crippen molar-refractivity contribution in [1.82, 2.24) is 9.99 Å². The number of amides is 2. The lowest BCUT2D eigenvalue weighted by molar-refractivity contribution is -0.117. The molecule has 2 amide bonds. The highest BCUT2D eigenvalue weighted by Gasteiger charge is 2.34. The van der Waals surface area contributed by atoms with E-state index in [1.54, 1.807) is 24.3 Å². The number of anilines is 1. The molecular formula is C26H18N4O2. The lowest BCUT2D eigenvalue weighted by Gasteiger charge is -2.13. The molecule has 5 rings (SSSR count). The second-order valence-corrected chi connectivity index (χ2v) is 7.47. The molecule has 1 aliphatic heterocycles. The van der Waals surface area contributed by atoms with E-state index in [4.69, 9.17) is 0 Å². The minimum Gasteiger partial charge on any atom is -0.342 e. The monoisotopic (exact) mass is 418 g/mol. The highest BCUT2D eigenvalue weighted by atomic mass is 16.2. The van der Waals surface area contributed by atoms with Crippen LogP contribution in [0.1, 0.15) is 16.7 Å². The van der Waals surface area contributed by atoms with Crippen molar-refractivity contribution < 1.29 is 9.59 Å². The zero-order valence-corrected chi connectivity index (χ0v) is 17.0. The number of aromatic nitrogens is 1. The largest absolute Gasteiger partial charge is 0.342 e. The summed E-state index contributed by atoms with van der Waals surface area (Å²) in [6.07, 6.45) is 3.55. The number of benzene rings is 3. The zero-order valence-electron chi connectivity index (χ0n) is 17.0. The van der Waals surface area contributed by atoms with Crippen LogP contribution in [-0.2, 0) is 16.1 Å². The van der Waals surface area contributed by atoms with Crippen LogP contribution in [0.2, 0.25) is 0 Å². The summed E-state index contributed by atoms with van der Waals surface area (Å²) < 4.78 is 2.03. The Morgan fingerprint density at radius 2 is 1.62 bits per heavy atom. The number of fused-ring (bicyclic) bond motifs is 1. The first-order valence-corrected chi connectivity index (χ1v) is 10.1. The maximum atomic E-state index is 13.0. The quantitative estimate of drug-likeness (QED) is 0.402. The van der Waals surface area contributed by atoms with Crippen molar-refractivity contribution in [3.8, 4) is 6.07 Å². The van der Waals surface area contributed by atoms with Crippen LogP contribution >= 0.6 is 0 Å². The summed E-state index contributed by atoms with van der Waals surface area (Å²) in [4.78, 5) is 25.6. The van der Waals surface area contributed by atoms with Crippen LogP contribution in [-0.4, -0.2) is 16.4 Å². The lowest BCUT2D eigenvalue weighted by Crippen LogP contribution is -2.35. The van der Waals surface area contributed by atoms with E-state index in [9.17, 15) is 14.9 Å². The predicted octanol–water partition coefficient (Wildman–Crippen LogP) is 4.02. The van der Waals surface area contributed by atoms with Gasteiger partial charge in [0.05, 0.1) is 17.3 Å². The molecule has 0 unspecified atom stereocenters. The summed E-state index contributed by atoms with van der Waals surface area (Å²) in [5, 5.41) is 11.6. The van der Waals surface area contributed by atoms with Gasteiger partial charge < -0.3 is 4.57 Å². The van der Waals surface area contributed by atoms with E-state index in [-0.39, 0.29) is 5.57 Å². The molecule has 0 atom stereocenters. The van der Waals surface area contributed by atoms with E-state index in [0.29, 0.717) is 17.8 Å². The van der Waals surface area contributed by atoms with Crippen molar-refractivity contribution in [1.29, 1.82) is 5.26 Å². The van der Waals surface area contributed by atoms with E-state index in [1.807, 2.05) is 71.4 Å². The molecule has 0 bridgehead atoms.